The third kappa shape index (κ3) is 5.64. The van der Waals surface area contributed by atoms with Crippen LogP contribution in [0.4, 0.5) is 8.78 Å². The fraction of sp³-hybridized carbons (Fsp3) is 0.185. The van der Waals surface area contributed by atoms with E-state index in [1.807, 2.05) is 0 Å². The fourth-order valence-electron chi connectivity index (χ4n) is 3.79. The molecule has 190 valence electrons. The third-order valence-corrected chi connectivity index (χ3v) is 5.84. The number of halogens is 2. The van der Waals surface area contributed by atoms with E-state index in [9.17, 15) is 28.3 Å². The van der Waals surface area contributed by atoms with Crippen LogP contribution in [0.25, 0.3) is 11.0 Å². The topological polar surface area (TPSA) is 105 Å². The number of nitrogens with one attached hydrogen (secondary N) is 1. The lowest BCUT2D eigenvalue weighted by Crippen LogP contribution is -2.37. The molecule has 8 nitrogen and oxygen atoms in total. The lowest BCUT2D eigenvalue weighted by atomic mass is 10.1. The number of aromatic nitrogens is 2. The van der Waals surface area contributed by atoms with Crippen molar-refractivity contribution in [1.82, 2.24) is 19.8 Å². The highest BCUT2D eigenvalue weighted by molar-refractivity contribution is 6.01. The van der Waals surface area contributed by atoms with Crippen molar-refractivity contribution in [2.24, 2.45) is 0 Å². The van der Waals surface area contributed by atoms with Crippen LogP contribution in [0.15, 0.2) is 65.6 Å². The average molecular weight is 507 g/mol. The molecule has 37 heavy (non-hydrogen) atoms. The standard InChI is InChI=1S/C27H24F2N4O4/c1-32(2)22(34)15-33-21-12-18(11-16-3-7-19(28)8-4-16)14-30-24(21)25(35)23(27(33)37)26(36)31-13-17-5-9-20(29)10-6-17/h3-10,12,14,35H,11,13,15H2,1-2H3,(H,31,36). The van der Waals surface area contributed by atoms with Gasteiger partial charge in [0.2, 0.25) is 5.91 Å². The summed E-state index contributed by atoms with van der Waals surface area (Å²) in [6, 6.07) is 12.9. The van der Waals surface area contributed by atoms with Gasteiger partial charge in [0.1, 0.15) is 29.3 Å². The minimum Gasteiger partial charge on any atom is -0.505 e. The number of hydrogen-bond acceptors (Lipinski definition) is 5. The highest BCUT2D eigenvalue weighted by Gasteiger charge is 2.24. The molecule has 4 aromatic rings. The number of amides is 2. The van der Waals surface area contributed by atoms with Crippen LogP contribution in [0.3, 0.4) is 0 Å². The van der Waals surface area contributed by atoms with Crippen LogP contribution in [0, 0.1) is 11.6 Å². The highest BCUT2D eigenvalue weighted by Crippen LogP contribution is 2.26. The summed E-state index contributed by atoms with van der Waals surface area (Å²) < 4.78 is 27.5. The molecule has 0 saturated carbocycles. The molecule has 2 aromatic heterocycles. The van der Waals surface area contributed by atoms with E-state index in [2.05, 4.69) is 10.3 Å². The van der Waals surface area contributed by atoms with E-state index in [1.165, 1.54) is 61.6 Å². The second kappa shape index (κ2) is 10.6. The van der Waals surface area contributed by atoms with Gasteiger partial charge in [-0.1, -0.05) is 24.3 Å². The Morgan fingerprint density at radius 3 is 2.16 bits per heavy atom. The van der Waals surface area contributed by atoms with Crippen LogP contribution < -0.4 is 10.9 Å². The molecular weight excluding hydrogens is 482 g/mol. The van der Waals surface area contributed by atoms with Crippen molar-refractivity contribution in [1.29, 1.82) is 0 Å². The third-order valence-electron chi connectivity index (χ3n) is 5.84. The molecule has 0 aliphatic carbocycles. The monoisotopic (exact) mass is 506 g/mol. The number of carbonyl (C=O) groups is 2. The largest absolute Gasteiger partial charge is 0.505 e. The second-order valence-corrected chi connectivity index (χ2v) is 8.73. The summed E-state index contributed by atoms with van der Waals surface area (Å²) in [6.45, 7) is -0.404. The number of nitrogens with zero attached hydrogens (tertiary/aromatic N) is 3. The lowest BCUT2D eigenvalue weighted by molar-refractivity contribution is -0.129. The van der Waals surface area contributed by atoms with Crippen molar-refractivity contribution < 1.29 is 23.5 Å². The van der Waals surface area contributed by atoms with E-state index in [0.29, 0.717) is 17.5 Å². The van der Waals surface area contributed by atoms with Crippen LogP contribution in [0.5, 0.6) is 5.75 Å². The average Bonchev–Trinajstić information content (AvgIpc) is 2.87. The quantitative estimate of drug-likeness (QED) is 0.401. The number of carbonyl (C=O) groups excluding carboxylic acids is 2. The van der Waals surface area contributed by atoms with Crippen molar-refractivity contribution in [3.8, 4) is 5.75 Å². The Labute approximate surface area is 210 Å². The first-order valence-electron chi connectivity index (χ1n) is 11.4. The van der Waals surface area contributed by atoms with Crippen molar-refractivity contribution >= 4 is 22.8 Å². The molecule has 0 radical (unpaired) electrons. The van der Waals surface area contributed by atoms with Gasteiger partial charge in [-0.25, -0.2) is 8.78 Å². The van der Waals surface area contributed by atoms with Crippen LogP contribution in [-0.2, 0) is 24.3 Å². The van der Waals surface area contributed by atoms with Crippen molar-refractivity contribution in [2.45, 2.75) is 19.5 Å². The van der Waals surface area contributed by atoms with E-state index in [0.717, 1.165) is 10.1 Å². The summed E-state index contributed by atoms with van der Waals surface area (Å²) in [5.74, 6) is -2.68. The number of aromatic hydroxyl groups is 1. The summed E-state index contributed by atoms with van der Waals surface area (Å²) in [4.78, 5) is 44.5. The number of likely N-dealkylation sites (N-methyl/N-ethyl adjacent to an activating group) is 1. The van der Waals surface area contributed by atoms with Gasteiger partial charge in [-0.2, -0.15) is 0 Å². The summed E-state index contributed by atoms with van der Waals surface area (Å²) in [5.41, 5.74) is 0.756. The van der Waals surface area contributed by atoms with E-state index < -0.39 is 34.5 Å². The zero-order valence-corrected chi connectivity index (χ0v) is 20.2. The molecule has 0 fully saturated rings. The van der Waals surface area contributed by atoms with E-state index in [1.54, 1.807) is 18.2 Å². The van der Waals surface area contributed by atoms with Gasteiger partial charge in [-0.3, -0.25) is 23.9 Å². The maximum absolute atomic E-state index is 13.4. The predicted octanol–water partition coefficient (Wildman–Crippen LogP) is 2.99. The maximum atomic E-state index is 13.4. The smallest absolute Gasteiger partial charge is 0.268 e. The summed E-state index contributed by atoms with van der Waals surface area (Å²) in [7, 11) is 3.06. The van der Waals surface area contributed by atoms with E-state index >= 15 is 0 Å². The molecule has 10 heteroatoms. The molecule has 0 aliphatic rings. The number of rotatable bonds is 7. The van der Waals surface area contributed by atoms with Gasteiger partial charge in [0, 0.05) is 26.8 Å². The molecular formula is C27H24F2N4O4. The van der Waals surface area contributed by atoms with Crippen LogP contribution in [0.2, 0.25) is 0 Å². The summed E-state index contributed by atoms with van der Waals surface area (Å²) in [6.07, 6.45) is 1.84. The zero-order chi connectivity index (χ0) is 26.7. The minimum absolute atomic E-state index is 0.0172. The SMILES string of the molecule is CN(C)C(=O)Cn1c(=O)c(C(=O)NCc2ccc(F)cc2)c(O)c2ncc(Cc3ccc(F)cc3)cc21. The van der Waals surface area contributed by atoms with Crippen LogP contribution >= 0.6 is 0 Å². The lowest BCUT2D eigenvalue weighted by Gasteiger charge is -2.17. The van der Waals surface area contributed by atoms with Crippen molar-refractivity contribution in [2.75, 3.05) is 14.1 Å². The Morgan fingerprint density at radius 1 is 0.973 bits per heavy atom. The second-order valence-electron chi connectivity index (χ2n) is 8.73. The number of hydrogen-bond donors (Lipinski definition) is 2. The van der Waals surface area contributed by atoms with Crippen LogP contribution in [0.1, 0.15) is 27.0 Å². The molecule has 2 aromatic carbocycles. The maximum Gasteiger partial charge on any atom is 0.268 e. The molecule has 0 atom stereocenters. The predicted molar refractivity (Wildman–Crippen MR) is 133 cm³/mol. The number of benzene rings is 2. The summed E-state index contributed by atoms with van der Waals surface area (Å²) in [5, 5.41) is 13.4. The van der Waals surface area contributed by atoms with Gasteiger partial charge in [0.15, 0.2) is 5.75 Å². The highest BCUT2D eigenvalue weighted by atomic mass is 19.1. The van der Waals surface area contributed by atoms with Crippen molar-refractivity contribution in [3.05, 3.63) is 105 Å². The first kappa shape index (κ1) is 25.5. The molecule has 0 spiro atoms. The Morgan fingerprint density at radius 2 is 1.57 bits per heavy atom. The molecule has 2 N–H and O–H groups in total. The van der Waals surface area contributed by atoms with Gasteiger partial charge in [0.25, 0.3) is 11.5 Å². The van der Waals surface area contributed by atoms with Gasteiger partial charge < -0.3 is 15.3 Å². The Hall–Kier alpha value is -4.60. The molecule has 0 saturated heterocycles. The first-order valence-corrected chi connectivity index (χ1v) is 11.4. The summed E-state index contributed by atoms with van der Waals surface area (Å²) >= 11 is 0. The van der Waals surface area contributed by atoms with Gasteiger partial charge >= 0.3 is 0 Å². The fourth-order valence-corrected chi connectivity index (χ4v) is 3.79. The Kier molecular flexibility index (Phi) is 7.28. The molecule has 0 aliphatic heterocycles. The Bertz CT molecular complexity index is 1530. The Balaban J connectivity index is 1.76. The number of fused-ring (bicyclic) bond motifs is 1. The van der Waals surface area contributed by atoms with E-state index in [4.69, 9.17) is 0 Å². The minimum atomic E-state index is -0.864. The zero-order valence-electron chi connectivity index (χ0n) is 20.2. The van der Waals surface area contributed by atoms with Gasteiger partial charge in [-0.05, 0) is 53.4 Å². The van der Waals surface area contributed by atoms with Gasteiger partial charge in [0.05, 0.1) is 5.52 Å². The molecule has 0 unspecified atom stereocenters. The molecule has 0 bridgehead atoms. The molecule has 2 heterocycles. The van der Waals surface area contributed by atoms with Gasteiger partial charge in [-0.15, -0.1) is 0 Å². The van der Waals surface area contributed by atoms with Crippen molar-refractivity contribution in [3.63, 3.8) is 0 Å². The normalized spacial score (nSPS) is 10.9. The van der Waals surface area contributed by atoms with Crippen LogP contribution in [-0.4, -0.2) is 45.5 Å². The first-order chi connectivity index (χ1) is 17.6. The number of pyridine rings is 2. The van der Waals surface area contributed by atoms with E-state index in [-0.39, 0.29) is 29.9 Å². The molecule has 2 amide bonds. The molecule has 4 rings (SSSR count).